The third-order valence-corrected chi connectivity index (χ3v) is 4.28. The molecule has 0 aromatic heterocycles. The third kappa shape index (κ3) is 7.13. The molecule has 0 aliphatic heterocycles. The molecule has 2 unspecified atom stereocenters. The highest BCUT2D eigenvalue weighted by molar-refractivity contribution is 5.92. The van der Waals surface area contributed by atoms with E-state index in [0.29, 0.717) is 19.8 Å². The van der Waals surface area contributed by atoms with Gasteiger partial charge in [0.05, 0.1) is 31.8 Å². The molecule has 3 N–H and O–H groups in total. The average Bonchev–Trinajstić information content (AvgIpc) is 2.67. The number of rotatable bonds is 10. The summed E-state index contributed by atoms with van der Waals surface area (Å²) < 4.78 is 11.1. The van der Waals surface area contributed by atoms with E-state index in [1.807, 2.05) is 75.4 Å². The first-order valence-corrected chi connectivity index (χ1v) is 9.37. The summed E-state index contributed by atoms with van der Waals surface area (Å²) in [5, 5.41) is 2.95. The predicted molar refractivity (Wildman–Crippen MR) is 108 cm³/mol. The lowest BCUT2D eigenvalue weighted by Gasteiger charge is -2.20. The van der Waals surface area contributed by atoms with Gasteiger partial charge in [0, 0.05) is 11.7 Å². The fourth-order valence-electron chi connectivity index (χ4n) is 2.65. The zero-order valence-corrected chi connectivity index (χ0v) is 16.4. The summed E-state index contributed by atoms with van der Waals surface area (Å²) in [5.41, 5.74) is 8.94. The van der Waals surface area contributed by atoms with Crippen LogP contribution in [0, 0.1) is 5.92 Å². The molecule has 2 rings (SSSR count). The van der Waals surface area contributed by atoms with Gasteiger partial charge in [0.2, 0.25) is 5.91 Å². The van der Waals surface area contributed by atoms with E-state index in [4.69, 9.17) is 15.2 Å². The summed E-state index contributed by atoms with van der Waals surface area (Å²) in [6.45, 7) is 7.42. The Balaban J connectivity index is 1.86. The molecule has 0 fully saturated rings. The van der Waals surface area contributed by atoms with Crippen LogP contribution in [-0.2, 0) is 20.9 Å². The summed E-state index contributed by atoms with van der Waals surface area (Å²) in [5.74, 6) is -0.449. The van der Waals surface area contributed by atoms with Gasteiger partial charge >= 0.3 is 0 Å². The van der Waals surface area contributed by atoms with Crippen molar-refractivity contribution in [3.8, 4) is 0 Å². The lowest BCUT2D eigenvalue weighted by Crippen LogP contribution is -2.30. The molecule has 0 aliphatic rings. The first kappa shape index (κ1) is 21.1. The molecule has 1 amide bonds. The van der Waals surface area contributed by atoms with Crippen LogP contribution in [0.25, 0.3) is 0 Å². The van der Waals surface area contributed by atoms with Crippen molar-refractivity contribution in [1.29, 1.82) is 0 Å². The second-order valence-corrected chi connectivity index (χ2v) is 6.89. The van der Waals surface area contributed by atoms with Gasteiger partial charge in [-0.2, -0.15) is 0 Å². The van der Waals surface area contributed by atoms with Gasteiger partial charge in [0.1, 0.15) is 0 Å². The van der Waals surface area contributed by atoms with Crippen LogP contribution in [0.15, 0.2) is 54.6 Å². The van der Waals surface area contributed by atoms with E-state index in [1.54, 1.807) is 0 Å². The van der Waals surface area contributed by atoms with Gasteiger partial charge < -0.3 is 20.5 Å². The van der Waals surface area contributed by atoms with Crippen LogP contribution in [0.2, 0.25) is 0 Å². The lowest BCUT2D eigenvalue weighted by atomic mass is 9.94. The summed E-state index contributed by atoms with van der Waals surface area (Å²) in [6, 6.07) is 17.0. The van der Waals surface area contributed by atoms with Gasteiger partial charge in [-0.25, -0.2) is 0 Å². The minimum Gasteiger partial charge on any atom is -0.376 e. The smallest absolute Gasteiger partial charge is 0.229 e. The summed E-state index contributed by atoms with van der Waals surface area (Å²) >= 11 is 0. The normalized spacial score (nSPS) is 13.4. The van der Waals surface area contributed by atoms with E-state index in [2.05, 4.69) is 5.32 Å². The molecule has 0 heterocycles. The molecule has 0 saturated carbocycles. The van der Waals surface area contributed by atoms with Crippen molar-refractivity contribution in [2.45, 2.75) is 39.5 Å². The lowest BCUT2D eigenvalue weighted by molar-refractivity contribution is -0.120. The van der Waals surface area contributed by atoms with Crippen LogP contribution in [0.5, 0.6) is 0 Å². The number of carbonyl (C=O) groups excluding carboxylic acids is 1. The van der Waals surface area contributed by atoms with Crippen molar-refractivity contribution in [2.75, 3.05) is 18.5 Å². The molecule has 0 aliphatic carbocycles. The standard InChI is InChI=1S/C22H30N2O3/c1-16(2)27-13-12-26-15-18-8-7-11-20(14-18)24-22(25)17(3)21(23)19-9-5-4-6-10-19/h4-11,14,16-17,21H,12-13,15,23H2,1-3H3,(H,24,25). The Morgan fingerprint density at radius 3 is 2.48 bits per heavy atom. The molecule has 5 nitrogen and oxygen atoms in total. The van der Waals surface area contributed by atoms with Crippen molar-refractivity contribution >= 4 is 11.6 Å². The number of hydrogen-bond donors (Lipinski definition) is 2. The van der Waals surface area contributed by atoms with Crippen molar-refractivity contribution < 1.29 is 14.3 Å². The SMILES string of the molecule is CC(C)OCCOCc1cccc(NC(=O)C(C)C(N)c2ccccc2)c1. The predicted octanol–water partition coefficient (Wildman–Crippen LogP) is 3.90. The molecule has 2 aromatic carbocycles. The molecule has 0 saturated heterocycles. The number of carbonyl (C=O) groups is 1. The largest absolute Gasteiger partial charge is 0.376 e. The Kier molecular flexibility index (Phi) is 8.45. The first-order chi connectivity index (χ1) is 13.0. The molecular weight excluding hydrogens is 340 g/mol. The van der Waals surface area contributed by atoms with E-state index < -0.39 is 0 Å². The van der Waals surface area contributed by atoms with Gasteiger partial charge in [-0.15, -0.1) is 0 Å². The van der Waals surface area contributed by atoms with Crippen molar-refractivity contribution in [2.24, 2.45) is 11.7 Å². The average molecular weight is 370 g/mol. The Bertz CT molecular complexity index is 704. The quantitative estimate of drug-likeness (QED) is 0.622. The molecule has 0 bridgehead atoms. The van der Waals surface area contributed by atoms with Crippen LogP contribution < -0.4 is 11.1 Å². The molecular formula is C22H30N2O3. The molecule has 27 heavy (non-hydrogen) atoms. The number of benzene rings is 2. The van der Waals surface area contributed by atoms with E-state index in [0.717, 1.165) is 16.8 Å². The van der Waals surface area contributed by atoms with Crippen molar-refractivity contribution in [3.63, 3.8) is 0 Å². The molecule has 2 atom stereocenters. The summed E-state index contributed by atoms with van der Waals surface area (Å²) in [6.07, 6.45) is 0.205. The van der Waals surface area contributed by atoms with E-state index in [9.17, 15) is 4.79 Å². The maximum atomic E-state index is 12.6. The second kappa shape index (κ2) is 10.8. The van der Waals surface area contributed by atoms with Gasteiger partial charge in [0.15, 0.2) is 0 Å². The van der Waals surface area contributed by atoms with Gasteiger partial charge in [-0.05, 0) is 37.1 Å². The first-order valence-electron chi connectivity index (χ1n) is 9.37. The Hall–Kier alpha value is -2.21. The zero-order valence-electron chi connectivity index (χ0n) is 16.4. The molecule has 5 heteroatoms. The Labute approximate surface area is 161 Å². The Morgan fingerprint density at radius 1 is 1.04 bits per heavy atom. The minimum atomic E-state index is -0.348. The number of anilines is 1. The number of nitrogens with two attached hydrogens (primary N) is 1. The van der Waals surface area contributed by atoms with E-state index in [1.165, 1.54) is 0 Å². The maximum absolute atomic E-state index is 12.6. The van der Waals surface area contributed by atoms with Crippen LogP contribution in [0.1, 0.15) is 37.9 Å². The molecule has 0 radical (unpaired) electrons. The number of ether oxygens (including phenoxy) is 2. The second-order valence-electron chi connectivity index (χ2n) is 6.89. The number of amides is 1. The maximum Gasteiger partial charge on any atom is 0.229 e. The zero-order chi connectivity index (χ0) is 19.6. The van der Waals surface area contributed by atoms with Crippen molar-refractivity contribution in [3.05, 3.63) is 65.7 Å². The van der Waals surface area contributed by atoms with E-state index in [-0.39, 0.29) is 24.0 Å². The summed E-state index contributed by atoms with van der Waals surface area (Å²) in [4.78, 5) is 12.6. The monoisotopic (exact) mass is 370 g/mol. The third-order valence-electron chi connectivity index (χ3n) is 4.28. The highest BCUT2D eigenvalue weighted by atomic mass is 16.5. The molecule has 2 aromatic rings. The summed E-state index contributed by atoms with van der Waals surface area (Å²) in [7, 11) is 0. The van der Waals surface area contributed by atoms with Gasteiger partial charge in [-0.1, -0.05) is 49.4 Å². The minimum absolute atomic E-state index is 0.102. The van der Waals surface area contributed by atoms with Crippen LogP contribution >= 0.6 is 0 Å². The van der Waals surface area contributed by atoms with Crippen LogP contribution in [-0.4, -0.2) is 25.2 Å². The molecule has 0 spiro atoms. The topological polar surface area (TPSA) is 73.6 Å². The highest BCUT2D eigenvalue weighted by Crippen LogP contribution is 2.21. The Morgan fingerprint density at radius 2 is 1.78 bits per heavy atom. The van der Waals surface area contributed by atoms with E-state index >= 15 is 0 Å². The van der Waals surface area contributed by atoms with Gasteiger partial charge in [-0.3, -0.25) is 4.79 Å². The van der Waals surface area contributed by atoms with Crippen LogP contribution in [0.3, 0.4) is 0 Å². The number of nitrogens with one attached hydrogen (secondary N) is 1. The van der Waals surface area contributed by atoms with Gasteiger partial charge in [0.25, 0.3) is 0 Å². The number of hydrogen-bond acceptors (Lipinski definition) is 4. The fraction of sp³-hybridized carbons (Fsp3) is 0.409. The molecule has 146 valence electrons. The van der Waals surface area contributed by atoms with Crippen LogP contribution in [0.4, 0.5) is 5.69 Å². The fourth-order valence-corrected chi connectivity index (χ4v) is 2.65. The highest BCUT2D eigenvalue weighted by Gasteiger charge is 2.22. The van der Waals surface area contributed by atoms with Crippen molar-refractivity contribution in [1.82, 2.24) is 0 Å².